The van der Waals surface area contributed by atoms with E-state index in [9.17, 15) is 26.3 Å². The van der Waals surface area contributed by atoms with Crippen molar-refractivity contribution in [2.24, 2.45) is 0 Å². The molecule has 22 heavy (non-hydrogen) atoms. The van der Waals surface area contributed by atoms with E-state index in [0.717, 1.165) is 18.2 Å². The van der Waals surface area contributed by atoms with Crippen molar-refractivity contribution >= 4 is 10.8 Å². The van der Waals surface area contributed by atoms with Crippen LogP contribution in [0.5, 0.6) is 0 Å². The van der Waals surface area contributed by atoms with Crippen molar-refractivity contribution in [1.82, 2.24) is 0 Å². The molecule has 0 radical (unpaired) electrons. The van der Waals surface area contributed by atoms with E-state index in [4.69, 9.17) is 0 Å². The van der Waals surface area contributed by atoms with Gasteiger partial charge < -0.3 is 0 Å². The predicted molar refractivity (Wildman–Crippen MR) is 69.1 cm³/mol. The highest BCUT2D eigenvalue weighted by atomic mass is 19.2. The Morgan fingerprint density at radius 2 is 1.14 bits per heavy atom. The Morgan fingerprint density at radius 1 is 0.545 bits per heavy atom. The molecule has 0 N–H and O–H groups in total. The summed E-state index contributed by atoms with van der Waals surface area (Å²) in [6.45, 7) is 0. The smallest absolute Gasteiger partial charge is 0.166 e. The Kier molecular flexibility index (Phi) is 3.31. The number of halogens is 6. The van der Waals surface area contributed by atoms with Crippen LogP contribution < -0.4 is 0 Å². The van der Waals surface area contributed by atoms with E-state index in [1.165, 1.54) is 0 Å². The van der Waals surface area contributed by atoms with E-state index in [-0.39, 0.29) is 10.9 Å². The summed E-state index contributed by atoms with van der Waals surface area (Å²) in [5, 5.41) is -0.668. The van der Waals surface area contributed by atoms with Crippen LogP contribution in [-0.2, 0) is 0 Å². The third-order valence-electron chi connectivity index (χ3n) is 3.22. The molecule has 0 aliphatic rings. The van der Waals surface area contributed by atoms with Crippen LogP contribution >= 0.6 is 0 Å². The number of hydrogen-bond acceptors (Lipinski definition) is 0. The summed E-state index contributed by atoms with van der Waals surface area (Å²) in [4.78, 5) is 0. The molecule has 112 valence electrons. The van der Waals surface area contributed by atoms with Crippen LogP contribution in [0, 0.1) is 34.9 Å². The minimum absolute atomic E-state index is 0.184. The van der Waals surface area contributed by atoms with E-state index in [1.54, 1.807) is 0 Å². The molecule has 3 aromatic carbocycles. The zero-order valence-corrected chi connectivity index (χ0v) is 10.7. The van der Waals surface area contributed by atoms with Crippen molar-refractivity contribution in [2.75, 3.05) is 0 Å². The minimum Gasteiger partial charge on any atom is -0.207 e. The lowest BCUT2D eigenvalue weighted by atomic mass is 9.99. The van der Waals surface area contributed by atoms with Gasteiger partial charge in [0.05, 0.1) is 5.39 Å². The van der Waals surface area contributed by atoms with Gasteiger partial charge in [-0.25, -0.2) is 26.3 Å². The van der Waals surface area contributed by atoms with Gasteiger partial charge in [-0.2, -0.15) is 0 Å². The van der Waals surface area contributed by atoms with Gasteiger partial charge >= 0.3 is 0 Å². The lowest BCUT2D eigenvalue weighted by molar-refractivity contribution is 0.497. The van der Waals surface area contributed by atoms with Crippen molar-refractivity contribution < 1.29 is 26.3 Å². The maximum Gasteiger partial charge on any atom is 0.166 e. The average Bonchev–Trinajstić information content (AvgIpc) is 2.41. The van der Waals surface area contributed by atoms with Crippen LogP contribution in [0.2, 0.25) is 0 Å². The molecule has 0 fully saturated rings. The molecule has 0 aromatic heterocycles. The molecule has 0 unspecified atom stereocenters. The van der Waals surface area contributed by atoms with E-state index >= 15 is 0 Å². The van der Waals surface area contributed by atoms with Crippen molar-refractivity contribution in [1.29, 1.82) is 0 Å². The fourth-order valence-electron chi connectivity index (χ4n) is 2.30. The molecule has 0 aliphatic heterocycles. The van der Waals surface area contributed by atoms with Crippen molar-refractivity contribution in [3.8, 4) is 11.1 Å². The van der Waals surface area contributed by atoms with Gasteiger partial charge in [0, 0.05) is 17.7 Å². The highest BCUT2D eigenvalue weighted by molar-refractivity contribution is 5.88. The zero-order valence-electron chi connectivity index (χ0n) is 10.7. The van der Waals surface area contributed by atoms with Gasteiger partial charge in [0.1, 0.15) is 23.3 Å². The summed E-state index contributed by atoms with van der Waals surface area (Å²) in [5.41, 5.74) is -0.770. The number of benzene rings is 3. The molecule has 0 aliphatic carbocycles. The monoisotopic (exact) mass is 312 g/mol. The van der Waals surface area contributed by atoms with E-state index < -0.39 is 45.9 Å². The summed E-state index contributed by atoms with van der Waals surface area (Å²) in [5.74, 6) is -7.04. The fraction of sp³-hybridized carbons (Fsp3) is 0. The van der Waals surface area contributed by atoms with Gasteiger partial charge in [0.15, 0.2) is 11.6 Å². The predicted octanol–water partition coefficient (Wildman–Crippen LogP) is 5.34. The highest BCUT2D eigenvalue weighted by Crippen LogP contribution is 2.32. The fourth-order valence-corrected chi connectivity index (χ4v) is 2.30. The third kappa shape index (κ3) is 2.30. The maximum absolute atomic E-state index is 14.0. The van der Waals surface area contributed by atoms with Crippen LogP contribution in [0.3, 0.4) is 0 Å². The Balaban J connectivity index is 2.34. The second-order valence-electron chi connectivity index (χ2n) is 4.69. The van der Waals surface area contributed by atoms with E-state index in [1.807, 2.05) is 0 Å². The van der Waals surface area contributed by atoms with Crippen LogP contribution in [0.15, 0.2) is 36.4 Å². The van der Waals surface area contributed by atoms with E-state index in [2.05, 4.69) is 0 Å². The minimum atomic E-state index is -1.44. The summed E-state index contributed by atoms with van der Waals surface area (Å²) in [6.07, 6.45) is 0. The lowest BCUT2D eigenvalue weighted by Gasteiger charge is -2.08. The third-order valence-corrected chi connectivity index (χ3v) is 3.22. The first-order valence-corrected chi connectivity index (χ1v) is 6.10. The number of rotatable bonds is 1. The van der Waals surface area contributed by atoms with Crippen molar-refractivity contribution in [3.63, 3.8) is 0 Å². The first-order chi connectivity index (χ1) is 10.4. The second-order valence-corrected chi connectivity index (χ2v) is 4.69. The average molecular weight is 312 g/mol. The van der Waals surface area contributed by atoms with Crippen LogP contribution in [-0.4, -0.2) is 0 Å². The zero-order chi connectivity index (χ0) is 16.0. The molecule has 0 atom stereocenters. The van der Waals surface area contributed by atoms with Gasteiger partial charge in [0.2, 0.25) is 0 Å². The van der Waals surface area contributed by atoms with Gasteiger partial charge in [-0.05, 0) is 35.2 Å². The normalized spacial score (nSPS) is 11.2. The van der Waals surface area contributed by atoms with Crippen LogP contribution in [0.4, 0.5) is 26.3 Å². The Bertz CT molecular complexity index is 901. The number of fused-ring (bicyclic) bond motifs is 1. The van der Waals surface area contributed by atoms with E-state index in [0.29, 0.717) is 18.2 Å². The Hall–Kier alpha value is -2.50. The summed E-state index contributed by atoms with van der Waals surface area (Å²) in [6, 6.07) is 4.17. The van der Waals surface area contributed by atoms with Gasteiger partial charge in [0.25, 0.3) is 0 Å². The molecular weight excluding hydrogens is 306 g/mol. The standard InChI is InChI=1S/C16H6F6/c17-9-2-8-1-7(3-12(19)15(8)13(20)5-9)11-4-10(18)6-14(21)16(11)22/h1-6H. The molecular formula is C16H6F6. The molecule has 0 amide bonds. The largest absolute Gasteiger partial charge is 0.207 e. The van der Waals surface area contributed by atoms with Crippen LogP contribution in [0.25, 0.3) is 21.9 Å². The summed E-state index contributed by atoms with van der Waals surface area (Å²) >= 11 is 0. The van der Waals surface area contributed by atoms with Gasteiger partial charge in [-0.1, -0.05) is 0 Å². The molecule has 0 saturated carbocycles. The van der Waals surface area contributed by atoms with Crippen molar-refractivity contribution in [3.05, 3.63) is 71.3 Å². The molecule has 0 saturated heterocycles. The Morgan fingerprint density at radius 3 is 1.86 bits per heavy atom. The number of hydrogen-bond donors (Lipinski definition) is 0. The molecule has 3 aromatic rings. The lowest BCUT2D eigenvalue weighted by Crippen LogP contribution is -1.94. The van der Waals surface area contributed by atoms with Gasteiger partial charge in [-0.3, -0.25) is 0 Å². The topological polar surface area (TPSA) is 0 Å². The SMILES string of the molecule is Fc1cc(F)c(F)c(-c2cc(F)c3c(F)cc(F)cc3c2)c1. The van der Waals surface area contributed by atoms with Crippen LogP contribution in [0.1, 0.15) is 0 Å². The van der Waals surface area contributed by atoms with Gasteiger partial charge in [-0.15, -0.1) is 0 Å². The maximum atomic E-state index is 14.0. The highest BCUT2D eigenvalue weighted by Gasteiger charge is 2.16. The molecule has 6 heteroatoms. The van der Waals surface area contributed by atoms with Crippen molar-refractivity contribution in [2.45, 2.75) is 0 Å². The molecule has 3 rings (SSSR count). The molecule has 0 bridgehead atoms. The second kappa shape index (κ2) is 5.05. The Labute approximate surface area is 120 Å². The first kappa shape index (κ1) is 14.4. The summed E-state index contributed by atoms with van der Waals surface area (Å²) in [7, 11) is 0. The first-order valence-electron chi connectivity index (χ1n) is 6.10. The molecule has 0 spiro atoms. The quantitative estimate of drug-likeness (QED) is 0.420. The molecule has 0 nitrogen and oxygen atoms in total. The molecule has 0 heterocycles. The summed E-state index contributed by atoms with van der Waals surface area (Å²) < 4.78 is 81.0.